The number of ether oxygens (including phenoxy) is 1. The first-order chi connectivity index (χ1) is 6.12. The Hall–Kier alpha value is -0.370. The summed E-state index contributed by atoms with van der Waals surface area (Å²) >= 11 is 0. The van der Waals surface area contributed by atoms with Crippen molar-refractivity contribution in [3.8, 4) is 0 Å². The molecule has 0 bridgehead atoms. The third kappa shape index (κ3) is 2.11. The number of ketones is 1. The van der Waals surface area contributed by atoms with Gasteiger partial charge in [-0.15, -0.1) is 0 Å². The van der Waals surface area contributed by atoms with Crippen LogP contribution in [-0.2, 0) is 9.53 Å². The number of hydrogen-bond donors (Lipinski definition) is 0. The zero-order valence-electron chi connectivity index (χ0n) is 8.93. The molecule has 2 nitrogen and oxygen atoms in total. The molecule has 0 radical (unpaired) electrons. The summed E-state index contributed by atoms with van der Waals surface area (Å²) in [6, 6.07) is 0. The minimum atomic E-state index is -0.136. The van der Waals surface area contributed by atoms with E-state index in [2.05, 4.69) is 0 Å². The summed E-state index contributed by atoms with van der Waals surface area (Å²) in [7, 11) is 1.69. The Labute approximate surface area is 80.7 Å². The van der Waals surface area contributed by atoms with Gasteiger partial charge in [0.2, 0.25) is 0 Å². The molecule has 0 spiro atoms. The molecule has 0 aromatic heterocycles. The Morgan fingerprint density at radius 2 is 1.92 bits per heavy atom. The maximum absolute atomic E-state index is 12.0. The fourth-order valence-corrected chi connectivity index (χ4v) is 2.40. The van der Waals surface area contributed by atoms with Crippen molar-refractivity contribution in [2.24, 2.45) is 11.3 Å². The summed E-state index contributed by atoms with van der Waals surface area (Å²) in [4.78, 5) is 12.0. The van der Waals surface area contributed by atoms with Crippen molar-refractivity contribution in [2.45, 2.75) is 39.5 Å². The fourth-order valence-electron chi connectivity index (χ4n) is 2.40. The van der Waals surface area contributed by atoms with E-state index in [-0.39, 0.29) is 11.3 Å². The van der Waals surface area contributed by atoms with Crippen LogP contribution in [0.1, 0.15) is 39.5 Å². The van der Waals surface area contributed by atoms with E-state index >= 15 is 0 Å². The maximum Gasteiger partial charge on any atom is 0.143 e. The second kappa shape index (κ2) is 4.23. The van der Waals surface area contributed by atoms with Crippen molar-refractivity contribution >= 4 is 5.78 Å². The van der Waals surface area contributed by atoms with Crippen LogP contribution in [0.15, 0.2) is 0 Å². The number of Topliss-reactive ketones (excluding diaryl/α,β-unsaturated/α-hetero) is 1. The van der Waals surface area contributed by atoms with E-state index in [1.54, 1.807) is 7.11 Å². The lowest BCUT2D eigenvalue weighted by Crippen LogP contribution is -2.35. The molecule has 0 unspecified atom stereocenters. The summed E-state index contributed by atoms with van der Waals surface area (Å²) in [5.41, 5.74) is -0.136. The number of carbonyl (C=O) groups is 1. The van der Waals surface area contributed by atoms with Gasteiger partial charge in [0.05, 0.1) is 12.0 Å². The molecule has 1 aliphatic rings. The molecule has 0 N–H and O–H groups in total. The molecule has 2 heteroatoms. The Morgan fingerprint density at radius 3 is 2.31 bits per heavy atom. The molecule has 0 aliphatic heterocycles. The minimum Gasteiger partial charge on any atom is -0.384 e. The van der Waals surface area contributed by atoms with E-state index in [4.69, 9.17) is 4.74 Å². The van der Waals surface area contributed by atoms with Gasteiger partial charge in [-0.05, 0) is 12.8 Å². The van der Waals surface area contributed by atoms with Crippen LogP contribution >= 0.6 is 0 Å². The van der Waals surface area contributed by atoms with Crippen LogP contribution in [0.2, 0.25) is 0 Å². The second-order valence-electron chi connectivity index (χ2n) is 4.44. The van der Waals surface area contributed by atoms with Crippen molar-refractivity contribution in [2.75, 3.05) is 13.7 Å². The number of methoxy groups -OCH3 is 1. The molecule has 1 rings (SSSR count). The summed E-state index contributed by atoms with van der Waals surface area (Å²) in [5.74, 6) is 0.542. The van der Waals surface area contributed by atoms with Gasteiger partial charge in [-0.1, -0.05) is 26.7 Å². The maximum atomic E-state index is 12.0. The van der Waals surface area contributed by atoms with Crippen LogP contribution in [0.3, 0.4) is 0 Å². The van der Waals surface area contributed by atoms with Crippen LogP contribution < -0.4 is 0 Å². The van der Waals surface area contributed by atoms with Crippen molar-refractivity contribution in [3.05, 3.63) is 0 Å². The molecule has 13 heavy (non-hydrogen) atoms. The zero-order valence-corrected chi connectivity index (χ0v) is 8.93. The van der Waals surface area contributed by atoms with Gasteiger partial charge >= 0.3 is 0 Å². The highest BCUT2D eigenvalue weighted by Crippen LogP contribution is 2.40. The van der Waals surface area contributed by atoms with Gasteiger partial charge < -0.3 is 4.74 Å². The number of rotatable bonds is 4. The molecule has 1 saturated carbocycles. The van der Waals surface area contributed by atoms with Crippen molar-refractivity contribution < 1.29 is 9.53 Å². The smallest absolute Gasteiger partial charge is 0.143 e. The van der Waals surface area contributed by atoms with Crippen LogP contribution in [0, 0.1) is 11.3 Å². The van der Waals surface area contributed by atoms with Crippen LogP contribution in [0.4, 0.5) is 0 Å². The van der Waals surface area contributed by atoms with Gasteiger partial charge in [0.15, 0.2) is 0 Å². The van der Waals surface area contributed by atoms with Gasteiger partial charge in [-0.3, -0.25) is 4.79 Å². The van der Waals surface area contributed by atoms with Crippen molar-refractivity contribution in [3.63, 3.8) is 0 Å². The summed E-state index contributed by atoms with van der Waals surface area (Å²) < 4.78 is 5.18. The minimum absolute atomic E-state index is 0.136. The third-order valence-corrected chi connectivity index (χ3v) is 3.03. The Kier molecular flexibility index (Phi) is 3.48. The van der Waals surface area contributed by atoms with E-state index < -0.39 is 0 Å². The molecular formula is C11H20O2. The van der Waals surface area contributed by atoms with Gasteiger partial charge in [-0.2, -0.15) is 0 Å². The van der Waals surface area contributed by atoms with Gasteiger partial charge in [-0.25, -0.2) is 0 Å². The molecule has 0 amide bonds. The van der Waals surface area contributed by atoms with Crippen LogP contribution in [-0.4, -0.2) is 19.5 Å². The Morgan fingerprint density at radius 1 is 1.38 bits per heavy atom. The molecular weight excluding hydrogens is 164 g/mol. The average Bonchev–Trinajstić information content (AvgIpc) is 2.53. The molecule has 0 atom stereocenters. The average molecular weight is 184 g/mol. The molecule has 0 saturated heterocycles. The van der Waals surface area contributed by atoms with Gasteiger partial charge in [0.25, 0.3) is 0 Å². The summed E-state index contributed by atoms with van der Waals surface area (Å²) in [6.07, 6.45) is 4.42. The normalized spacial score (nSPS) is 20.9. The molecule has 76 valence electrons. The number of carbonyl (C=O) groups excluding carboxylic acids is 1. The van der Waals surface area contributed by atoms with Crippen molar-refractivity contribution in [1.82, 2.24) is 0 Å². The van der Waals surface area contributed by atoms with E-state index in [1.807, 2.05) is 13.8 Å². The lowest BCUT2D eigenvalue weighted by Gasteiger charge is -2.28. The molecule has 0 aromatic carbocycles. The summed E-state index contributed by atoms with van der Waals surface area (Å²) in [6.45, 7) is 4.58. The monoisotopic (exact) mass is 184 g/mol. The largest absolute Gasteiger partial charge is 0.384 e. The summed E-state index contributed by atoms with van der Waals surface area (Å²) in [5, 5.41) is 0. The highest BCUT2D eigenvalue weighted by atomic mass is 16.5. The predicted octanol–water partition coefficient (Wildman–Crippen LogP) is 2.42. The molecule has 0 heterocycles. The lowest BCUT2D eigenvalue weighted by molar-refractivity contribution is -0.134. The Balaban J connectivity index is 2.71. The second-order valence-corrected chi connectivity index (χ2v) is 4.44. The number of hydrogen-bond acceptors (Lipinski definition) is 2. The molecule has 1 aliphatic carbocycles. The topological polar surface area (TPSA) is 26.3 Å². The van der Waals surface area contributed by atoms with Crippen molar-refractivity contribution in [1.29, 1.82) is 0 Å². The first-order valence-electron chi connectivity index (χ1n) is 5.16. The first kappa shape index (κ1) is 10.7. The van der Waals surface area contributed by atoms with Gasteiger partial charge in [0, 0.05) is 13.0 Å². The van der Waals surface area contributed by atoms with Gasteiger partial charge in [0.1, 0.15) is 5.78 Å². The SMILES string of the molecule is COCC1(C(=O)C(C)C)CCCC1. The predicted molar refractivity (Wildman–Crippen MR) is 52.6 cm³/mol. The van der Waals surface area contributed by atoms with Crippen LogP contribution in [0.25, 0.3) is 0 Å². The van der Waals surface area contributed by atoms with E-state index in [9.17, 15) is 4.79 Å². The highest BCUT2D eigenvalue weighted by molar-refractivity contribution is 5.86. The Bertz CT molecular complexity index is 179. The lowest BCUT2D eigenvalue weighted by atomic mass is 9.78. The quantitative estimate of drug-likeness (QED) is 0.670. The molecule has 1 fully saturated rings. The molecule has 0 aromatic rings. The standard InChI is InChI=1S/C11H20O2/c1-9(2)10(12)11(8-13-3)6-4-5-7-11/h9H,4-8H2,1-3H3. The first-order valence-corrected chi connectivity index (χ1v) is 5.16. The third-order valence-electron chi connectivity index (χ3n) is 3.03. The van der Waals surface area contributed by atoms with E-state index in [1.165, 1.54) is 12.8 Å². The zero-order chi connectivity index (χ0) is 9.90. The van der Waals surface area contributed by atoms with E-state index in [0.29, 0.717) is 12.4 Å². The highest BCUT2D eigenvalue weighted by Gasteiger charge is 2.41. The van der Waals surface area contributed by atoms with Crippen LogP contribution in [0.5, 0.6) is 0 Å². The fraction of sp³-hybridized carbons (Fsp3) is 0.909. The van der Waals surface area contributed by atoms with E-state index in [0.717, 1.165) is 12.8 Å².